The fraction of sp³-hybridized carbons (Fsp3) is 0.211. The number of carboxylic acids is 1. The molecule has 0 fully saturated rings. The average Bonchev–Trinajstić information content (AvgIpc) is 2.92. The SMILES string of the molecule is CC(C)N(C)c1cc2cc(C(=O)O)c(O)cc2n1-c1ccc(F)cc1. The monoisotopic (exact) mass is 342 g/mol. The maximum absolute atomic E-state index is 13.3. The predicted octanol–water partition coefficient (Wildman–Crippen LogP) is 4.02. The third-order valence-corrected chi connectivity index (χ3v) is 4.35. The Hall–Kier alpha value is -3.02. The molecule has 0 saturated heterocycles. The van der Waals surface area contributed by atoms with Gasteiger partial charge in [-0.2, -0.15) is 0 Å². The molecule has 6 heteroatoms. The smallest absolute Gasteiger partial charge is 0.339 e. The van der Waals surface area contributed by atoms with Gasteiger partial charge in [0.15, 0.2) is 0 Å². The van der Waals surface area contributed by atoms with E-state index in [1.54, 1.807) is 12.1 Å². The Bertz CT molecular complexity index is 945. The van der Waals surface area contributed by atoms with E-state index in [-0.39, 0.29) is 23.2 Å². The number of rotatable bonds is 4. The van der Waals surface area contributed by atoms with Crippen LogP contribution in [0.5, 0.6) is 5.75 Å². The molecule has 0 unspecified atom stereocenters. The van der Waals surface area contributed by atoms with Crippen molar-refractivity contribution in [2.24, 2.45) is 0 Å². The van der Waals surface area contributed by atoms with Crippen molar-refractivity contribution in [1.29, 1.82) is 0 Å². The molecule has 2 aromatic carbocycles. The lowest BCUT2D eigenvalue weighted by molar-refractivity contribution is 0.0694. The molecule has 0 aliphatic rings. The number of hydrogen-bond acceptors (Lipinski definition) is 3. The van der Waals surface area contributed by atoms with Crippen LogP contribution in [0.1, 0.15) is 24.2 Å². The highest BCUT2D eigenvalue weighted by Crippen LogP contribution is 2.34. The van der Waals surface area contributed by atoms with E-state index in [0.29, 0.717) is 10.9 Å². The largest absolute Gasteiger partial charge is 0.507 e. The lowest BCUT2D eigenvalue weighted by Crippen LogP contribution is -2.27. The first kappa shape index (κ1) is 16.8. The van der Waals surface area contributed by atoms with Gasteiger partial charge in [0.25, 0.3) is 0 Å². The summed E-state index contributed by atoms with van der Waals surface area (Å²) in [6.07, 6.45) is 0. The first-order valence-corrected chi connectivity index (χ1v) is 7.90. The Kier molecular flexibility index (Phi) is 4.12. The van der Waals surface area contributed by atoms with Crippen molar-refractivity contribution >= 4 is 22.7 Å². The predicted molar refractivity (Wildman–Crippen MR) is 95.4 cm³/mol. The van der Waals surface area contributed by atoms with E-state index in [0.717, 1.165) is 11.5 Å². The van der Waals surface area contributed by atoms with Gasteiger partial charge in [0.1, 0.15) is 22.9 Å². The minimum atomic E-state index is -1.19. The number of halogens is 1. The Labute approximate surface area is 144 Å². The molecule has 0 aliphatic heterocycles. The van der Waals surface area contributed by atoms with Crippen molar-refractivity contribution in [2.45, 2.75) is 19.9 Å². The van der Waals surface area contributed by atoms with Gasteiger partial charge in [0.05, 0.1) is 5.52 Å². The third kappa shape index (κ3) is 2.91. The molecule has 0 bridgehead atoms. The Morgan fingerprint density at radius 1 is 1.16 bits per heavy atom. The zero-order chi connectivity index (χ0) is 18.3. The maximum Gasteiger partial charge on any atom is 0.339 e. The minimum absolute atomic E-state index is 0.150. The van der Waals surface area contributed by atoms with Crippen molar-refractivity contribution in [3.8, 4) is 11.4 Å². The zero-order valence-corrected chi connectivity index (χ0v) is 14.2. The number of hydrogen-bond donors (Lipinski definition) is 2. The Balaban J connectivity index is 2.34. The summed E-state index contributed by atoms with van der Waals surface area (Å²) in [5, 5.41) is 20.0. The van der Waals surface area contributed by atoms with E-state index in [1.165, 1.54) is 24.3 Å². The molecule has 3 aromatic rings. The van der Waals surface area contributed by atoms with E-state index in [1.807, 2.05) is 36.4 Å². The summed E-state index contributed by atoms with van der Waals surface area (Å²) in [6.45, 7) is 4.07. The Morgan fingerprint density at radius 3 is 2.36 bits per heavy atom. The van der Waals surface area contributed by atoms with Crippen LogP contribution in [0.2, 0.25) is 0 Å². The quantitative estimate of drug-likeness (QED) is 0.752. The molecule has 0 atom stereocenters. The molecule has 0 aliphatic carbocycles. The van der Waals surface area contributed by atoms with Crippen LogP contribution in [0.3, 0.4) is 0 Å². The van der Waals surface area contributed by atoms with E-state index >= 15 is 0 Å². The third-order valence-electron chi connectivity index (χ3n) is 4.35. The summed E-state index contributed by atoms with van der Waals surface area (Å²) >= 11 is 0. The van der Waals surface area contributed by atoms with Crippen molar-refractivity contribution in [3.05, 3.63) is 53.8 Å². The summed E-state index contributed by atoms with van der Waals surface area (Å²) in [6, 6.07) is 11.0. The summed E-state index contributed by atoms with van der Waals surface area (Å²) in [4.78, 5) is 13.3. The van der Waals surface area contributed by atoms with E-state index in [2.05, 4.69) is 0 Å². The molecule has 0 radical (unpaired) electrons. The molecule has 130 valence electrons. The lowest BCUT2D eigenvalue weighted by Gasteiger charge is -2.25. The van der Waals surface area contributed by atoms with Gasteiger partial charge in [-0.05, 0) is 50.2 Å². The second-order valence-electron chi connectivity index (χ2n) is 6.25. The number of carbonyl (C=O) groups is 1. The molecule has 0 spiro atoms. The van der Waals surface area contributed by atoms with Crippen molar-refractivity contribution in [3.63, 3.8) is 0 Å². The molecule has 5 nitrogen and oxygen atoms in total. The molecule has 0 saturated carbocycles. The van der Waals surface area contributed by atoms with Crippen LogP contribution in [0.4, 0.5) is 10.2 Å². The molecular formula is C19H19FN2O3. The summed E-state index contributed by atoms with van der Waals surface area (Å²) < 4.78 is 15.2. The number of benzene rings is 2. The number of aromatic carboxylic acids is 1. The van der Waals surface area contributed by atoms with Gasteiger partial charge < -0.3 is 15.1 Å². The topological polar surface area (TPSA) is 65.7 Å². The number of nitrogens with zero attached hydrogens (tertiary/aromatic N) is 2. The van der Waals surface area contributed by atoms with Gasteiger partial charge in [-0.1, -0.05) is 0 Å². The van der Waals surface area contributed by atoms with E-state index < -0.39 is 5.97 Å². The molecule has 0 amide bonds. The highest BCUT2D eigenvalue weighted by molar-refractivity contribution is 5.98. The highest BCUT2D eigenvalue weighted by atomic mass is 19.1. The fourth-order valence-corrected chi connectivity index (χ4v) is 2.79. The van der Waals surface area contributed by atoms with Crippen molar-refractivity contribution < 1.29 is 19.4 Å². The number of aromatic nitrogens is 1. The van der Waals surface area contributed by atoms with Crippen LogP contribution < -0.4 is 4.90 Å². The number of anilines is 1. The van der Waals surface area contributed by atoms with Crippen molar-refractivity contribution in [1.82, 2.24) is 4.57 Å². The van der Waals surface area contributed by atoms with Gasteiger partial charge in [0, 0.05) is 30.2 Å². The lowest BCUT2D eigenvalue weighted by atomic mass is 10.1. The fourth-order valence-electron chi connectivity index (χ4n) is 2.79. The number of aromatic hydroxyl groups is 1. The van der Waals surface area contributed by atoms with Gasteiger partial charge >= 0.3 is 5.97 Å². The van der Waals surface area contributed by atoms with Crippen LogP contribution in [0.15, 0.2) is 42.5 Å². The van der Waals surface area contributed by atoms with E-state index in [9.17, 15) is 19.4 Å². The Morgan fingerprint density at radius 2 is 1.80 bits per heavy atom. The summed E-state index contributed by atoms with van der Waals surface area (Å²) in [7, 11) is 1.93. The van der Waals surface area contributed by atoms with Crippen LogP contribution in [-0.2, 0) is 0 Å². The number of carboxylic acid groups (broad SMARTS) is 1. The van der Waals surface area contributed by atoms with Gasteiger partial charge in [-0.3, -0.25) is 4.57 Å². The van der Waals surface area contributed by atoms with Crippen molar-refractivity contribution in [2.75, 3.05) is 11.9 Å². The second kappa shape index (κ2) is 6.12. The van der Waals surface area contributed by atoms with Gasteiger partial charge in [-0.25, -0.2) is 9.18 Å². The van der Waals surface area contributed by atoms with Gasteiger partial charge in [0.2, 0.25) is 0 Å². The van der Waals surface area contributed by atoms with Crippen LogP contribution in [0.25, 0.3) is 16.6 Å². The average molecular weight is 342 g/mol. The zero-order valence-electron chi connectivity index (χ0n) is 14.2. The second-order valence-corrected chi connectivity index (χ2v) is 6.25. The molecule has 2 N–H and O–H groups in total. The standard InChI is InChI=1S/C19H19FN2O3/c1-11(2)21(3)18-9-12-8-15(19(24)25)17(23)10-16(12)22(18)14-6-4-13(20)5-7-14/h4-11,23H,1-3H3,(H,24,25). The number of phenols is 1. The minimum Gasteiger partial charge on any atom is -0.507 e. The summed E-state index contributed by atoms with van der Waals surface area (Å²) in [5.74, 6) is -1.01. The molecule has 1 aromatic heterocycles. The number of fused-ring (bicyclic) bond motifs is 1. The van der Waals surface area contributed by atoms with Crippen LogP contribution in [0, 0.1) is 5.82 Å². The first-order chi connectivity index (χ1) is 11.8. The summed E-state index contributed by atoms with van der Waals surface area (Å²) in [5.41, 5.74) is 1.22. The highest BCUT2D eigenvalue weighted by Gasteiger charge is 2.19. The molecule has 3 rings (SSSR count). The molecule has 25 heavy (non-hydrogen) atoms. The first-order valence-electron chi connectivity index (χ1n) is 7.90. The van der Waals surface area contributed by atoms with E-state index in [4.69, 9.17) is 0 Å². The van der Waals surface area contributed by atoms with Gasteiger partial charge in [-0.15, -0.1) is 0 Å². The van der Waals surface area contributed by atoms with Crippen LogP contribution >= 0.6 is 0 Å². The molecular weight excluding hydrogens is 323 g/mol. The normalized spacial score (nSPS) is 11.2. The van der Waals surface area contributed by atoms with Crippen LogP contribution in [-0.4, -0.2) is 33.8 Å². The maximum atomic E-state index is 13.3. The molecule has 1 heterocycles.